The summed E-state index contributed by atoms with van der Waals surface area (Å²) in [5.41, 5.74) is -2.64. The van der Waals surface area contributed by atoms with Crippen LogP contribution in [0.2, 0.25) is 13.1 Å². The summed E-state index contributed by atoms with van der Waals surface area (Å²) in [6.07, 6.45) is 2.20. The quantitative estimate of drug-likeness (QED) is 0.283. The van der Waals surface area contributed by atoms with Gasteiger partial charge in [0.2, 0.25) is 0 Å². The third-order valence-electron chi connectivity index (χ3n) is 4.84. The number of oxime groups is 1. The van der Waals surface area contributed by atoms with Crippen molar-refractivity contribution in [1.29, 1.82) is 0 Å². The second-order valence-corrected chi connectivity index (χ2v) is 11.5. The van der Waals surface area contributed by atoms with Crippen molar-refractivity contribution in [2.24, 2.45) is 5.16 Å². The highest BCUT2D eigenvalue weighted by Crippen LogP contribution is 2.44. The Labute approximate surface area is 159 Å². The van der Waals surface area contributed by atoms with Gasteiger partial charge in [-0.05, 0) is 27.7 Å². The lowest BCUT2D eigenvalue weighted by Gasteiger charge is -2.36. The number of hydrogen-bond donors (Lipinski definition) is 3. The minimum Gasteiger partial charge on any atom is -0.411 e. The van der Waals surface area contributed by atoms with E-state index in [1.54, 1.807) is 6.92 Å². The summed E-state index contributed by atoms with van der Waals surface area (Å²) >= 11 is 0. The largest absolute Gasteiger partial charge is 0.411 e. The molecule has 0 amide bonds. The highest BCUT2D eigenvalue weighted by Gasteiger charge is 2.59. The maximum atomic E-state index is 12.6. The molecule has 1 aromatic heterocycles. The Morgan fingerprint density at radius 1 is 1.48 bits per heavy atom. The van der Waals surface area contributed by atoms with Crippen LogP contribution >= 0.6 is 0 Å². The van der Waals surface area contributed by atoms with Crippen LogP contribution in [-0.4, -0.2) is 58.8 Å². The first kappa shape index (κ1) is 21.5. The molecule has 0 saturated carbocycles. The number of aryl methyl sites for hydroxylation is 1. The number of aromatic amines is 1. The van der Waals surface area contributed by atoms with Crippen LogP contribution in [0.25, 0.3) is 0 Å². The summed E-state index contributed by atoms with van der Waals surface area (Å²) in [5.74, 6) is 0. The Kier molecular flexibility index (Phi) is 5.86. The van der Waals surface area contributed by atoms with Gasteiger partial charge in [0, 0.05) is 18.2 Å². The van der Waals surface area contributed by atoms with Crippen molar-refractivity contribution >= 4 is 15.0 Å². The van der Waals surface area contributed by atoms with E-state index in [1.165, 1.54) is 10.8 Å². The average molecular weight is 400 g/mol. The van der Waals surface area contributed by atoms with E-state index in [-0.39, 0.29) is 6.42 Å². The minimum atomic E-state index is -1.79. The van der Waals surface area contributed by atoms with Crippen molar-refractivity contribution in [2.45, 2.75) is 69.9 Å². The fourth-order valence-electron chi connectivity index (χ4n) is 3.45. The first-order valence-corrected chi connectivity index (χ1v) is 11.8. The fraction of sp³-hybridized carbons (Fsp3) is 0.706. The predicted molar refractivity (Wildman–Crippen MR) is 103 cm³/mol. The Bertz CT molecular complexity index is 827. The van der Waals surface area contributed by atoms with Gasteiger partial charge >= 0.3 is 5.69 Å². The lowest BCUT2D eigenvalue weighted by atomic mass is 9.97. The molecule has 1 aromatic rings. The SMILES string of the molecule is Cc1cn([C@@]2([SiH](C)C)C[C@H](OC(C)(C)C)[C@@](C=NO)(CO)O2)c(=O)[nH]c1=O. The minimum absolute atomic E-state index is 0.270. The van der Waals surface area contributed by atoms with E-state index < -0.39 is 49.3 Å². The van der Waals surface area contributed by atoms with Gasteiger partial charge in [0.05, 0.1) is 33.3 Å². The highest BCUT2D eigenvalue weighted by atomic mass is 28.3. The number of hydrogen-bond acceptors (Lipinski definition) is 7. The third kappa shape index (κ3) is 3.93. The normalized spacial score (nSPS) is 29.1. The average Bonchev–Trinajstić information content (AvgIpc) is 2.85. The monoisotopic (exact) mass is 399 g/mol. The molecule has 2 rings (SSSR count). The number of H-pyrrole nitrogens is 1. The summed E-state index contributed by atoms with van der Waals surface area (Å²) in [7, 11) is -1.79. The summed E-state index contributed by atoms with van der Waals surface area (Å²) in [6, 6.07) is 0. The molecule has 152 valence electrons. The van der Waals surface area contributed by atoms with Crippen LogP contribution in [0.15, 0.2) is 20.9 Å². The first-order chi connectivity index (χ1) is 12.4. The molecule has 0 aliphatic carbocycles. The number of nitrogens with zero attached hydrogens (tertiary/aromatic N) is 2. The molecule has 9 nitrogen and oxygen atoms in total. The molecule has 1 fully saturated rings. The molecule has 10 heteroatoms. The zero-order valence-electron chi connectivity index (χ0n) is 16.6. The van der Waals surface area contributed by atoms with Crippen LogP contribution in [0, 0.1) is 6.92 Å². The molecule has 0 radical (unpaired) electrons. The number of nitrogens with one attached hydrogen (secondary N) is 1. The Balaban J connectivity index is 2.70. The van der Waals surface area contributed by atoms with Crippen molar-refractivity contribution in [1.82, 2.24) is 9.55 Å². The molecule has 3 N–H and O–H groups in total. The van der Waals surface area contributed by atoms with E-state index in [0.29, 0.717) is 5.56 Å². The molecule has 3 atom stereocenters. The van der Waals surface area contributed by atoms with Gasteiger partial charge in [0.15, 0.2) is 5.60 Å². The molecule has 0 unspecified atom stereocenters. The van der Waals surface area contributed by atoms with Crippen molar-refractivity contribution in [3.63, 3.8) is 0 Å². The lowest BCUT2D eigenvalue weighted by Crippen LogP contribution is -2.54. The molecule has 0 bridgehead atoms. The zero-order chi connectivity index (χ0) is 20.6. The molecular formula is C17H29N3O6Si. The Morgan fingerprint density at radius 3 is 2.59 bits per heavy atom. The second kappa shape index (κ2) is 7.34. The smallest absolute Gasteiger partial charge is 0.330 e. The number of aromatic nitrogens is 2. The summed E-state index contributed by atoms with van der Waals surface area (Å²) in [6.45, 7) is 10.7. The first-order valence-electron chi connectivity index (χ1n) is 8.91. The fourth-order valence-corrected chi connectivity index (χ4v) is 5.34. The van der Waals surface area contributed by atoms with Gasteiger partial charge in [0.25, 0.3) is 5.56 Å². The van der Waals surface area contributed by atoms with E-state index in [9.17, 15) is 19.9 Å². The predicted octanol–water partition coefficient (Wildman–Crippen LogP) is 0.319. The maximum absolute atomic E-state index is 12.6. The number of ether oxygens (including phenoxy) is 2. The standard InChI is InChI=1S/C17H29N3O6Si/c1-11-8-20(14(23)19-13(11)22)17(27(5)6)7-12(25-15(2,3)4)16(10-21,26-17)9-18-24/h8-9,12,21,24,27H,7,10H2,1-6H3,(H,19,22,23)/t12-,16+,17-/m0/s1. The summed E-state index contributed by atoms with van der Waals surface area (Å²) in [5, 5.41) is 21.3. The van der Waals surface area contributed by atoms with Gasteiger partial charge in [-0.25, -0.2) is 4.79 Å². The molecule has 1 aliphatic heterocycles. The van der Waals surface area contributed by atoms with Gasteiger partial charge in [-0.1, -0.05) is 18.2 Å². The third-order valence-corrected chi connectivity index (χ3v) is 7.27. The topological polar surface area (TPSA) is 126 Å². The summed E-state index contributed by atoms with van der Waals surface area (Å²) < 4.78 is 13.8. The maximum Gasteiger partial charge on any atom is 0.330 e. The van der Waals surface area contributed by atoms with Crippen LogP contribution in [0.3, 0.4) is 0 Å². The van der Waals surface area contributed by atoms with Crippen LogP contribution in [0.4, 0.5) is 0 Å². The molecule has 0 aromatic carbocycles. The van der Waals surface area contributed by atoms with Crippen molar-refractivity contribution in [2.75, 3.05) is 6.61 Å². The van der Waals surface area contributed by atoms with Crippen molar-refractivity contribution in [3.8, 4) is 0 Å². The number of aliphatic hydroxyl groups excluding tert-OH is 1. The van der Waals surface area contributed by atoms with Gasteiger partial charge in [-0.3, -0.25) is 14.3 Å². The zero-order valence-corrected chi connectivity index (χ0v) is 17.8. The Hall–Kier alpha value is -1.75. The molecular weight excluding hydrogens is 370 g/mol. The second-order valence-electron chi connectivity index (χ2n) is 8.32. The van der Waals surface area contributed by atoms with E-state index in [2.05, 4.69) is 10.1 Å². The van der Waals surface area contributed by atoms with E-state index in [0.717, 1.165) is 6.21 Å². The van der Waals surface area contributed by atoms with Crippen LogP contribution in [0.5, 0.6) is 0 Å². The van der Waals surface area contributed by atoms with Crippen LogP contribution < -0.4 is 11.2 Å². The van der Waals surface area contributed by atoms with Gasteiger partial charge in [-0.15, -0.1) is 0 Å². The van der Waals surface area contributed by atoms with Gasteiger partial charge in [0.1, 0.15) is 5.35 Å². The Morgan fingerprint density at radius 2 is 2.11 bits per heavy atom. The summed E-state index contributed by atoms with van der Waals surface area (Å²) in [4.78, 5) is 26.7. The molecule has 2 heterocycles. The highest BCUT2D eigenvalue weighted by molar-refractivity contribution is 6.58. The molecule has 27 heavy (non-hydrogen) atoms. The van der Waals surface area contributed by atoms with Crippen LogP contribution in [-0.2, 0) is 14.8 Å². The van der Waals surface area contributed by atoms with Crippen LogP contribution in [0.1, 0.15) is 32.8 Å². The van der Waals surface area contributed by atoms with E-state index >= 15 is 0 Å². The van der Waals surface area contributed by atoms with Crippen molar-refractivity contribution < 1.29 is 19.8 Å². The number of aliphatic hydroxyl groups is 1. The van der Waals surface area contributed by atoms with Crippen molar-refractivity contribution in [3.05, 3.63) is 32.6 Å². The lowest BCUT2D eigenvalue weighted by molar-refractivity contribution is -0.141. The van der Waals surface area contributed by atoms with E-state index in [4.69, 9.17) is 9.47 Å². The van der Waals surface area contributed by atoms with Gasteiger partial charge < -0.3 is 19.8 Å². The van der Waals surface area contributed by atoms with E-state index in [1.807, 2.05) is 33.9 Å². The number of rotatable bonds is 5. The molecule has 1 saturated heterocycles. The molecule has 0 spiro atoms. The van der Waals surface area contributed by atoms with Gasteiger partial charge in [-0.2, -0.15) is 0 Å². The molecule has 1 aliphatic rings.